The smallest absolute Gasteiger partial charge is 0.414 e. The number of nitrogens with one attached hydrogen (secondary N) is 1. The first kappa shape index (κ1) is 38.7. The molecule has 0 saturated heterocycles. The number of nitrogens with zero attached hydrogens (tertiary/aromatic N) is 1. The lowest BCUT2D eigenvalue weighted by molar-refractivity contribution is -0.162. The maximum absolute atomic E-state index is 13.3. The third kappa shape index (κ3) is 15.9. The molecule has 1 aromatic rings. The third-order valence-electron chi connectivity index (χ3n) is 5.58. The summed E-state index contributed by atoms with van der Waals surface area (Å²) in [6.07, 6.45) is -0.930. The standard InChI is InChI=1S/C33H53FN2O8/c1-30(2,3)41-26(37)23(15-18-25(27(38)42-31(4,5)6)35-28(39)43-32(7,8)9)21-22-13-16-24(17-14-22)36(20-19-34)29(40)44-33(10,11)12/h13-14,16-17,23,25H,15,18-21H2,1-12H3,(H,35,39)/t23?,25-/m0/s1/i34-1. The van der Waals surface area contributed by atoms with Gasteiger partial charge in [0.05, 0.1) is 12.5 Å². The molecule has 0 heterocycles. The van der Waals surface area contributed by atoms with E-state index in [4.69, 9.17) is 18.9 Å². The second-order valence-corrected chi connectivity index (χ2v) is 14.7. The largest absolute Gasteiger partial charge is 0.460 e. The molecule has 1 aromatic carbocycles. The van der Waals surface area contributed by atoms with Crippen LogP contribution in [0.25, 0.3) is 0 Å². The monoisotopic (exact) mass is 623 g/mol. The molecule has 0 aliphatic heterocycles. The zero-order valence-corrected chi connectivity index (χ0v) is 28.6. The summed E-state index contributed by atoms with van der Waals surface area (Å²) in [6.45, 7) is 19.9. The molecule has 0 aromatic heterocycles. The minimum atomic E-state index is -1.07. The molecule has 0 radical (unpaired) electrons. The second kappa shape index (κ2) is 15.6. The minimum Gasteiger partial charge on any atom is -0.460 e. The fraction of sp³-hybridized carbons (Fsp3) is 0.697. The number of rotatable bonds is 11. The fourth-order valence-corrected chi connectivity index (χ4v) is 3.95. The zero-order chi connectivity index (χ0) is 34.1. The Morgan fingerprint density at radius 2 is 1.18 bits per heavy atom. The number of hydrogen-bond acceptors (Lipinski definition) is 8. The lowest BCUT2D eigenvalue weighted by Gasteiger charge is -2.28. The van der Waals surface area contributed by atoms with Crippen LogP contribution in [0.15, 0.2) is 24.3 Å². The summed E-state index contributed by atoms with van der Waals surface area (Å²) < 4.78 is 35.3. The highest BCUT2D eigenvalue weighted by atomic mass is 18.2. The van der Waals surface area contributed by atoms with Gasteiger partial charge in [0.15, 0.2) is 0 Å². The van der Waals surface area contributed by atoms with Crippen LogP contribution < -0.4 is 10.2 Å². The third-order valence-corrected chi connectivity index (χ3v) is 5.58. The molecule has 0 aliphatic carbocycles. The van der Waals surface area contributed by atoms with E-state index >= 15 is 0 Å². The molecule has 1 rings (SSSR count). The van der Waals surface area contributed by atoms with Gasteiger partial charge in [0.2, 0.25) is 0 Å². The summed E-state index contributed by atoms with van der Waals surface area (Å²) in [5, 5.41) is 2.59. The summed E-state index contributed by atoms with van der Waals surface area (Å²) in [5.74, 6) is -1.79. The van der Waals surface area contributed by atoms with Crippen molar-refractivity contribution in [3.8, 4) is 0 Å². The molecule has 0 saturated carbocycles. The molecule has 10 nitrogen and oxygen atoms in total. The van der Waals surface area contributed by atoms with E-state index in [0.717, 1.165) is 5.56 Å². The van der Waals surface area contributed by atoms with Gasteiger partial charge in [-0.3, -0.25) is 9.69 Å². The van der Waals surface area contributed by atoms with E-state index in [1.54, 1.807) is 107 Å². The maximum Gasteiger partial charge on any atom is 0.414 e. The van der Waals surface area contributed by atoms with Gasteiger partial charge in [-0.05, 0) is 120 Å². The van der Waals surface area contributed by atoms with Gasteiger partial charge >= 0.3 is 24.1 Å². The quantitative estimate of drug-likeness (QED) is 0.209. The SMILES string of the molecule is CC(C)(C)OC(=O)N[C@@H](CCC(Cc1ccc(N(CC[18F])C(=O)OC(C)(C)C)cc1)C(=O)OC(C)(C)C)C(=O)OC(C)(C)C. The predicted molar refractivity (Wildman–Crippen MR) is 167 cm³/mol. The average molecular weight is 624 g/mol. The number of carbonyl (C=O) groups excluding carboxylic acids is 4. The van der Waals surface area contributed by atoms with Crippen molar-refractivity contribution in [3.05, 3.63) is 29.8 Å². The van der Waals surface area contributed by atoms with Crippen molar-refractivity contribution >= 4 is 29.8 Å². The van der Waals surface area contributed by atoms with Gasteiger partial charge in [0.1, 0.15) is 35.1 Å². The lowest BCUT2D eigenvalue weighted by atomic mass is 9.92. The van der Waals surface area contributed by atoms with Crippen LogP contribution in [-0.4, -0.2) is 65.8 Å². The van der Waals surface area contributed by atoms with Gasteiger partial charge in [-0.1, -0.05) is 12.1 Å². The summed E-state index contributed by atoms with van der Waals surface area (Å²) in [6, 6.07) is 5.74. The first-order chi connectivity index (χ1) is 19.9. The van der Waals surface area contributed by atoms with Crippen LogP contribution >= 0.6 is 0 Å². The molecule has 0 bridgehead atoms. The number of halogens is 1. The van der Waals surface area contributed by atoms with Crippen LogP contribution in [0.1, 0.15) is 101 Å². The van der Waals surface area contributed by atoms with E-state index in [1.807, 2.05) is 0 Å². The Labute approximate surface area is 262 Å². The van der Waals surface area contributed by atoms with E-state index in [1.165, 1.54) is 4.90 Å². The van der Waals surface area contributed by atoms with Crippen molar-refractivity contribution in [1.29, 1.82) is 0 Å². The van der Waals surface area contributed by atoms with Crippen LogP contribution in [0.5, 0.6) is 0 Å². The lowest BCUT2D eigenvalue weighted by Crippen LogP contribution is -2.46. The number of alkyl carbamates (subject to hydrolysis) is 1. The van der Waals surface area contributed by atoms with Crippen LogP contribution in [0.2, 0.25) is 0 Å². The number of anilines is 1. The molecular formula is C33H53FN2O8. The van der Waals surface area contributed by atoms with Crippen molar-refractivity contribution in [2.75, 3.05) is 18.1 Å². The Morgan fingerprint density at radius 3 is 1.64 bits per heavy atom. The summed E-state index contributed by atoms with van der Waals surface area (Å²) in [4.78, 5) is 52.8. The van der Waals surface area contributed by atoms with Gasteiger partial charge in [0, 0.05) is 5.69 Å². The van der Waals surface area contributed by atoms with Crippen molar-refractivity contribution in [2.24, 2.45) is 5.92 Å². The van der Waals surface area contributed by atoms with Crippen LogP contribution in [0, 0.1) is 5.92 Å². The zero-order valence-electron chi connectivity index (χ0n) is 28.6. The van der Waals surface area contributed by atoms with E-state index < -0.39 is 65.2 Å². The summed E-state index contributed by atoms with van der Waals surface area (Å²) >= 11 is 0. The molecule has 11 heteroatoms. The molecule has 2 amide bonds. The second-order valence-electron chi connectivity index (χ2n) is 14.7. The van der Waals surface area contributed by atoms with E-state index in [-0.39, 0.29) is 25.8 Å². The fourth-order valence-electron chi connectivity index (χ4n) is 3.95. The molecular weight excluding hydrogens is 570 g/mol. The number of hydrogen-bond donors (Lipinski definition) is 1. The number of esters is 2. The Kier molecular flexibility index (Phi) is 13.7. The number of amides is 2. The van der Waals surface area contributed by atoms with Crippen molar-refractivity contribution in [3.63, 3.8) is 0 Å². The van der Waals surface area contributed by atoms with Gasteiger partial charge in [-0.25, -0.2) is 18.8 Å². The first-order valence-corrected chi connectivity index (χ1v) is 15.0. The van der Waals surface area contributed by atoms with Crippen LogP contribution in [-0.2, 0) is 35.0 Å². The Bertz CT molecular complexity index is 1110. The molecule has 1 unspecified atom stereocenters. The van der Waals surface area contributed by atoms with Gasteiger partial charge in [-0.15, -0.1) is 0 Å². The highest BCUT2D eigenvalue weighted by molar-refractivity contribution is 5.88. The van der Waals surface area contributed by atoms with Gasteiger partial charge in [-0.2, -0.15) is 0 Å². The normalized spacial score (nSPS) is 13.8. The van der Waals surface area contributed by atoms with Gasteiger partial charge < -0.3 is 24.3 Å². The number of ether oxygens (including phenoxy) is 4. The first-order valence-electron chi connectivity index (χ1n) is 15.0. The van der Waals surface area contributed by atoms with E-state index in [2.05, 4.69) is 5.32 Å². The molecule has 0 fully saturated rings. The number of alkyl halides is 1. The highest BCUT2D eigenvalue weighted by Crippen LogP contribution is 2.25. The van der Waals surface area contributed by atoms with Crippen molar-refractivity contribution in [1.82, 2.24) is 5.32 Å². The average Bonchev–Trinajstić information content (AvgIpc) is 2.80. The molecule has 0 aliphatic rings. The summed E-state index contributed by atoms with van der Waals surface area (Å²) in [7, 11) is 0. The molecule has 0 spiro atoms. The van der Waals surface area contributed by atoms with Gasteiger partial charge in [0.25, 0.3) is 0 Å². The maximum atomic E-state index is 13.3. The minimum absolute atomic E-state index is 0.0824. The predicted octanol–water partition coefficient (Wildman–Crippen LogP) is 6.91. The van der Waals surface area contributed by atoms with E-state index in [9.17, 15) is 23.6 Å². The molecule has 250 valence electrons. The molecule has 1 N–H and O–H groups in total. The summed E-state index contributed by atoms with van der Waals surface area (Å²) in [5.41, 5.74) is -1.88. The number of carbonyl (C=O) groups is 4. The van der Waals surface area contributed by atoms with E-state index in [0.29, 0.717) is 5.69 Å². The van der Waals surface area contributed by atoms with Crippen LogP contribution in [0.4, 0.5) is 19.7 Å². The topological polar surface area (TPSA) is 120 Å². The molecule has 44 heavy (non-hydrogen) atoms. The Morgan fingerprint density at radius 1 is 0.705 bits per heavy atom. The molecule has 2 atom stereocenters. The number of benzene rings is 1. The Balaban J connectivity index is 3.25. The van der Waals surface area contributed by atoms with Crippen molar-refractivity contribution in [2.45, 2.75) is 131 Å². The highest BCUT2D eigenvalue weighted by Gasteiger charge is 2.32. The van der Waals surface area contributed by atoms with Crippen molar-refractivity contribution < 1.29 is 42.5 Å². The Hall–Kier alpha value is -3.37. The van der Waals surface area contributed by atoms with Crippen LogP contribution in [0.3, 0.4) is 0 Å².